The Balaban J connectivity index is 1.38. The van der Waals surface area contributed by atoms with E-state index in [0.717, 1.165) is 13.1 Å². The Morgan fingerprint density at radius 1 is 1.00 bits per heavy atom. The van der Waals surface area contributed by atoms with Crippen molar-refractivity contribution >= 4 is 52.5 Å². The van der Waals surface area contributed by atoms with Crippen molar-refractivity contribution in [3.63, 3.8) is 0 Å². The fourth-order valence-corrected chi connectivity index (χ4v) is 5.61. The number of para-hydroxylation sites is 1. The van der Waals surface area contributed by atoms with E-state index >= 15 is 0 Å². The number of aromatic nitrogens is 3. The second kappa shape index (κ2) is 12.9. The molecule has 3 aromatic rings. The van der Waals surface area contributed by atoms with Gasteiger partial charge >= 0.3 is 0 Å². The minimum absolute atomic E-state index is 0.0524. The number of benzene rings is 2. The number of rotatable bonds is 9. The van der Waals surface area contributed by atoms with Gasteiger partial charge in [-0.15, -0.1) is 10.2 Å². The third-order valence-electron chi connectivity index (χ3n) is 6.55. The molecule has 1 saturated heterocycles. The van der Waals surface area contributed by atoms with Gasteiger partial charge in [0.15, 0.2) is 11.0 Å². The van der Waals surface area contributed by atoms with Crippen LogP contribution in [0.25, 0.3) is 0 Å². The molecule has 0 aliphatic carbocycles. The number of piperazine rings is 1. The van der Waals surface area contributed by atoms with E-state index < -0.39 is 0 Å². The van der Waals surface area contributed by atoms with Crippen LogP contribution in [0.2, 0.25) is 10.0 Å². The van der Waals surface area contributed by atoms with Gasteiger partial charge in [0, 0.05) is 44.0 Å². The molecule has 1 aliphatic heterocycles. The molecule has 0 spiro atoms. The van der Waals surface area contributed by atoms with Crippen molar-refractivity contribution < 1.29 is 9.59 Å². The second-order valence-corrected chi connectivity index (χ2v) is 11.2. The Morgan fingerprint density at radius 2 is 1.71 bits per heavy atom. The summed E-state index contributed by atoms with van der Waals surface area (Å²) in [5, 5.41) is 13.2. The summed E-state index contributed by atoms with van der Waals surface area (Å²) in [6.45, 7) is 9.64. The van der Waals surface area contributed by atoms with Crippen molar-refractivity contribution in [1.29, 1.82) is 0 Å². The third-order valence-corrected chi connectivity index (χ3v) is 8.24. The summed E-state index contributed by atoms with van der Waals surface area (Å²) in [6, 6.07) is 14.7. The summed E-state index contributed by atoms with van der Waals surface area (Å²) in [5.41, 5.74) is 1.60. The molecule has 8 nitrogen and oxygen atoms in total. The molecule has 1 fully saturated rings. The maximum atomic E-state index is 13.0. The van der Waals surface area contributed by atoms with Gasteiger partial charge in [-0.05, 0) is 43.2 Å². The van der Waals surface area contributed by atoms with Crippen LogP contribution in [0.4, 0.5) is 5.69 Å². The number of anilines is 1. The fraction of sp³-hybridized carbons (Fsp3) is 0.407. The van der Waals surface area contributed by atoms with E-state index in [2.05, 4.69) is 32.5 Å². The summed E-state index contributed by atoms with van der Waals surface area (Å²) in [7, 11) is 0. The number of carbonyl (C=O) groups is 2. The standard InChI is InChI=1S/C27H32Cl2N6O2S/c1-4-35-25(24(18(2)3)30-26(37)19-10-11-21(28)22(29)16-19)31-32-27(35)38-17-23(36)34-14-12-33(13-15-34)20-8-6-5-7-9-20/h5-11,16,18,24H,4,12-15,17H2,1-3H3,(H,30,37)/t24-/m1/s1. The van der Waals surface area contributed by atoms with Crippen LogP contribution in [0.5, 0.6) is 0 Å². The maximum absolute atomic E-state index is 13.0. The highest BCUT2D eigenvalue weighted by Crippen LogP contribution is 2.27. The molecule has 0 bridgehead atoms. The summed E-state index contributed by atoms with van der Waals surface area (Å²) in [5.74, 6) is 0.806. The molecule has 38 heavy (non-hydrogen) atoms. The molecule has 1 atom stereocenters. The van der Waals surface area contributed by atoms with Gasteiger partial charge in [-0.1, -0.05) is 67.0 Å². The molecule has 1 N–H and O–H groups in total. The summed E-state index contributed by atoms with van der Waals surface area (Å²) in [6.07, 6.45) is 0. The lowest BCUT2D eigenvalue weighted by atomic mass is 10.0. The molecule has 0 unspecified atom stereocenters. The van der Waals surface area contributed by atoms with E-state index in [9.17, 15) is 9.59 Å². The zero-order chi connectivity index (χ0) is 27.2. The van der Waals surface area contributed by atoms with Crippen molar-refractivity contribution in [2.45, 2.75) is 38.5 Å². The van der Waals surface area contributed by atoms with E-state index in [1.165, 1.54) is 17.4 Å². The van der Waals surface area contributed by atoms with Crippen LogP contribution in [-0.2, 0) is 11.3 Å². The Morgan fingerprint density at radius 3 is 2.34 bits per heavy atom. The number of hydrogen-bond acceptors (Lipinski definition) is 6. The van der Waals surface area contributed by atoms with Gasteiger partial charge in [0.25, 0.3) is 5.91 Å². The van der Waals surface area contributed by atoms with E-state index in [4.69, 9.17) is 23.2 Å². The van der Waals surface area contributed by atoms with E-state index in [0.29, 0.717) is 46.2 Å². The Kier molecular flexibility index (Phi) is 9.57. The van der Waals surface area contributed by atoms with E-state index in [-0.39, 0.29) is 29.5 Å². The molecule has 11 heteroatoms. The lowest BCUT2D eigenvalue weighted by Crippen LogP contribution is -2.49. The van der Waals surface area contributed by atoms with Gasteiger partial charge in [-0.25, -0.2) is 0 Å². The number of nitrogens with one attached hydrogen (secondary N) is 1. The Bertz CT molecular complexity index is 1260. The first kappa shape index (κ1) is 28.3. The molecule has 1 aliphatic rings. The van der Waals surface area contributed by atoms with Crippen molar-refractivity contribution in [2.75, 3.05) is 36.8 Å². The minimum Gasteiger partial charge on any atom is -0.368 e. The monoisotopic (exact) mass is 574 g/mol. The van der Waals surface area contributed by atoms with E-state index in [1.807, 2.05) is 48.4 Å². The van der Waals surface area contributed by atoms with Gasteiger partial charge in [-0.2, -0.15) is 0 Å². The van der Waals surface area contributed by atoms with Crippen LogP contribution in [0, 0.1) is 5.92 Å². The average Bonchev–Trinajstić information content (AvgIpc) is 3.34. The number of thioether (sulfide) groups is 1. The highest BCUT2D eigenvalue weighted by atomic mass is 35.5. The first-order valence-electron chi connectivity index (χ1n) is 12.7. The van der Waals surface area contributed by atoms with Gasteiger partial charge < -0.3 is 19.7 Å². The molecule has 2 amide bonds. The van der Waals surface area contributed by atoms with E-state index in [1.54, 1.807) is 18.2 Å². The van der Waals surface area contributed by atoms with Crippen LogP contribution < -0.4 is 10.2 Å². The number of amides is 2. The largest absolute Gasteiger partial charge is 0.368 e. The first-order chi connectivity index (χ1) is 18.3. The summed E-state index contributed by atoms with van der Waals surface area (Å²) < 4.78 is 1.96. The van der Waals surface area contributed by atoms with Crippen molar-refractivity contribution in [2.24, 2.45) is 5.92 Å². The van der Waals surface area contributed by atoms with Crippen LogP contribution in [-0.4, -0.2) is 63.4 Å². The summed E-state index contributed by atoms with van der Waals surface area (Å²) >= 11 is 13.5. The number of halogens is 2. The third kappa shape index (κ3) is 6.62. The zero-order valence-electron chi connectivity index (χ0n) is 21.7. The Labute approximate surface area is 237 Å². The number of nitrogens with zero attached hydrogens (tertiary/aromatic N) is 5. The normalized spacial score (nSPS) is 14.6. The smallest absolute Gasteiger partial charge is 0.251 e. The highest BCUT2D eigenvalue weighted by Gasteiger charge is 2.27. The van der Waals surface area contributed by atoms with Crippen LogP contribution in [0.1, 0.15) is 43.0 Å². The lowest BCUT2D eigenvalue weighted by molar-refractivity contribution is -0.128. The molecule has 1 aromatic heterocycles. The SMILES string of the molecule is CCn1c(SCC(=O)N2CCN(c3ccccc3)CC2)nnc1[C@H](NC(=O)c1ccc(Cl)c(Cl)c1)C(C)C. The predicted octanol–water partition coefficient (Wildman–Crippen LogP) is 5.17. The lowest BCUT2D eigenvalue weighted by Gasteiger charge is -2.36. The average molecular weight is 576 g/mol. The molecule has 2 heterocycles. The molecule has 2 aromatic carbocycles. The molecule has 0 saturated carbocycles. The maximum Gasteiger partial charge on any atom is 0.251 e. The molecule has 0 radical (unpaired) electrons. The number of carbonyl (C=O) groups excluding carboxylic acids is 2. The van der Waals surface area contributed by atoms with Crippen molar-refractivity contribution in [3.8, 4) is 0 Å². The second-order valence-electron chi connectivity index (χ2n) is 9.40. The minimum atomic E-state index is -0.375. The molecular formula is C27H32Cl2N6O2S. The first-order valence-corrected chi connectivity index (χ1v) is 14.4. The van der Waals surface area contributed by atoms with Crippen LogP contribution in [0.3, 0.4) is 0 Å². The molecule has 4 rings (SSSR count). The van der Waals surface area contributed by atoms with Crippen LogP contribution >= 0.6 is 35.0 Å². The van der Waals surface area contributed by atoms with Crippen LogP contribution in [0.15, 0.2) is 53.7 Å². The predicted molar refractivity (Wildman–Crippen MR) is 153 cm³/mol. The summed E-state index contributed by atoms with van der Waals surface area (Å²) in [4.78, 5) is 30.2. The number of hydrogen-bond donors (Lipinski definition) is 1. The van der Waals surface area contributed by atoms with Gasteiger partial charge in [0.1, 0.15) is 0 Å². The van der Waals surface area contributed by atoms with Crippen molar-refractivity contribution in [1.82, 2.24) is 25.0 Å². The van der Waals surface area contributed by atoms with Crippen molar-refractivity contribution in [3.05, 3.63) is 70.0 Å². The molecule has 202 valence electrons. The highest BCUT2D eigenvalue weighted by molar-refractivity contribution is 7.99. The molecular weight excluding hydrogens is 543 g/mol. The zero-order valence-corrected chi connectivity index (χ0v) is 24.1. The van der Waals surface area contributed by atoms with Gasteiger partial charge in [0.2, 0.25) is 5.91 Å². The Hall–Kier alpha value is -2.75. The van der Waals surface area contributed by atoms with Gasteiger partial charge in [-0.3, -0.25) is 9.59 Å². The van der Waals surface area contributed by atoms with Gasteiger partial charge in [0.05, 0.1) is 21.8 Å². The quantitative estimate of drug-likeness (QED) is 0.355. The topological polar surface area (TPSA) is 83.4 Å². The fourth-order valence-electron chi connectivity index (χ4n) is 4.40.